The SMILES string of the molecule is NN1CCC(N2CC/C=C(c3cccs3)\C=C/C2=O)CC1. The zero-order chi connectivity index (χ0) is 14.7. The zero-order valence-electron chi connectivity index (χ0n) is 12.1. The minimum absolute atomic E-state index is 0.132. The molecule has 5 heteroatoms. The zero-order valence-corrected chi connectivity index (χ0v) is 12.9. The van der Waals surface area contributed by atoms with Crippen molar-refractivity contribution in [2.45, 2.75) is 25.3 Å². The normalized spacial score (nSPS) is 26.0. The van der Waals surface area contributed by atoms with Crippen LogP contribution in [0.3, 0.4) is 0 Å². The van der Waals surface area contributed by atoms with Crippen LogP contribution in [0, 0.1) is 0 Å². The van der Waals surface area contributed by atoms with Crippen molar-refractivity contribution in [3.63, 3.8) is 0 Å². The molecule has 3 rings (SSSR count). The van der Waals surface area contributed by atoms with Crippen LogP contribution in [0.1, 0.15) is 24.1 Å². The molecule has 0 atom stereocenters. The molecule has 4 nitrogen and oxygen atoms in total. The number of rotatable bonds is 2. The van der Waals surface area contributed by atoms with Crippen LogP contribution in [0.4, 0.5) is 0 Å². The number of hydrazine groups is 1. The number of nitrogens with zero attached hydrogens (tertiary/aromatic N) is 2. The maximum Gasteiger partial charge on any atom is 0.246 e. The molecule has 2 aliphatic heterocycles. The number of allylic oxidation sites excluding steroid dienone is 2. The Morgan fingerprint density at radius 2 is 2.00 bits per heavy atom. The first-order chi connectivity index (χ1) is 10.2. The maximum absolute atomic E-state index is 12.4. The Morgan fingerprint density at radius 1 is 1.19 bits per heavy atom. The maximum atomic E-state index is 12.4. The fourth-order valence-corrected chi connectivity index (χ4v) is 3.73. The summed E-state index contributed by atoms with van der Waals surface area (Å²) in [6, 6.07) is 4.47. The minimum Gasteiger partial charge on any atom is -0.336 e. The molecule has 2 aliphatic rings. The fraction of sp³-hybridized carbons (Fsp3) is 0.438. The van der Waals surface area contributed by atoms with Gasteiger partial charge >= 0.3 is 0 Å². The van der Waals surface area contributed by atoms with Gasteiger partial charge in [-0.2, -0.15) is 0 Å². The lowest BCUT2D eigenvalue weighted by molar-refractivity contribution is -0.129. The first-order valence-corrected chi connectivity index (χ1v) is 8.34. The highest BCUT2D eigenvalue weighted by Gasteiger charge is 2.26. The lowest BCUT2D eigenvalue weighted by Gasteiger charge is -2.36. The number of carbonyl (C=O) groups excluding carboxylic acids is 1. The summed E-state index contributed by atoms with van der Waals surface area (Å²) in [5.41, 5.74) is 1.16. The van der Waals surface area contributed by atoms with E-state index in [1.807, 2.05) is 22.1 Å². The molecule has 21 heavy (non-hydrogen) atoms. The molecule has 2 N–H and O–H groups in total. The Kier molecular flexibility index (Phi) is 4.53. The monoisotopic (exact) mass is 303 g/mol. The largest absolute Gasteiger partial charge is 0.336 e. The van der Waals surface area contributed by atoms with Crippen molar-refractivity contribution < 1.29 is 4.79 Å². The molecule has 3 heterocycles. The van der Waals surface area contributed by atoms with Gasteiger partial charge in [0.1, 0.15) is 0 Å². The Hall–Kier alpha value is -1.43. The lowest BCUT2D eigenvalue weighted by atomic mass is 10.0. The van der Waals surface area contributed by atoms with E-state index in [0.29, 0.717) is 6.04 Å². The molecule has 0 saturated carbocycles. The van der Waals surface area contributed by atoms with Crippen LogP contribution >= 0.6 is 11.3 Å². The quantitative estimate of drug-likeness (QED) is 0.853. The van der Waals surface area contributed by atoms with E-state index in [1.54, 1.807) is 17.4 Å². The van der Waals surface area contributed by atoms with E-state index in [0.717, 1.165) is 44.5 Å². The van der Waals surface area contributed by atoms with Crippen molar-refractivity contribution in [2.24, 2.45) is 5.84 Å². The van der Waals surface area contributed by atoms with Crippen LogP contribution in [0.25, 0.3) is 5.57 Å². The summed E-state index contributed by atoms with van der Waals surface area (Å²) < 4.78 is 0. The van der Waals surface area contributed by atoms with E-state index in [4.69, 9.17) is 5.84 Å². The lowest BCUT2D eigenvalue weighted by Crippen LogP contribution is -2.49. The molecule has 1 fully saturated rings. The average molecular weight is 303 g/mol. The van der Waals surface area contributed by atoms with Gasteiger partial charge in [0.05, 0.1) is 0 Å². The van der Waals surface area contributed by atoms with Crippen molar-refractivity contribution >= 4 is 22.8 Å². The summed E-state index contributed by atoms with van der Waals surface area (Å²) in [4.78, 5) is 15.7. The van der Waals surface area contributed by atoms with E-state index in [9.17, 15) is 4.79 Å². The number of piperidine rings is 1. The molecule has 0 bridgehead atoms. The predicted molar refractivity (Wildman–Crippen MR) is 86.5 cm³/mol. The second-order valence-electron chi connectivity index (χ2n) is 5.56. The molecule has 1 aromatic rings. The van der Waals surface area contributed by atoms with E-state index >= 15 is 0 Å². The number of carbonyl (C=O) groups is 1. The first-order valence-electron chi connectivity index (χ1n) is 7.46. The third-order valence-electron chi connectivity index (χ3n) is 4.17. The highest BCUT2D eigenvalue weighted by molar-refractivity contribution is 7.11. The number of amides is 1. The Labute approximate surface area is 129 Å². The topological polar surface area (TPSA) is 49.6 Å². The molecule has 1 aromatic heterocycles. The summed E-state index contributed by atoms with van der Waals surface area (Å²) in [5, 5.41) is 3.91. The first kappa shape index (κ1) is 14.5. The highest BCUT2D eigenvalue weighted by atomic mass is 32.1. The molecule has 0 aliphatic carbocycles. The molecular weight excluding hydrogens is 282 g/mol. The molecule has 1 amide bonds. The van der Waals surface area contributed by atoms with E-state index < -0.39 is 0 Å². The molecule has 0 unspecified atom stereocenters. The van der Waals surface area contributed by atoms with E-state index in [2.05, 4.69) is 17.5 Å². The summed E-state index contributed by atoms with van der Waals surface area (Å²) in [5.74, 6) is 5.93. The van der Waals surface area contributed by atoms with Crippen LogP contribution in [-0.2, 0) is 4.79 Å². The van der Waals surface area contributed by atoms with Crippen LogP contribution < -0.4 is 5.84 Å². The van der Waals surface area contributed by atoms with Crippen LogP contribution in [0.15, 0.2) is 35.7 Å². The van der Waals surface area contributed by atoms with Gasteiger partial charge in [0.25, 0.3) is 0 Å². The van der Waals surface area contributed by atoms with Crippen LogP contribution in [-0.4, -0.2) is 41.5 Å². The molecule has 1 saturated heterocycles. The van der Waals surface area contributed by atoms with Gasteiger partial charge in [-0.1, -0.05) is 12.1 Å². The van der Waals surface area contributed by atoms with Gasteiger partial charge in [-0.05, 0) is 42.4 Å². The van der Waals surface area contributed by atoms with Crippen molar-refractivity contribution in [1.82, 2.24) is 9.91 Å². The van der Waals surface area contributed by atoms with Crippen molar-refractivity contribution in [3.05, 3.63) is 40.6 Å². The second kappa shape index (κ2) is 6.56. The summed E-state index contributed by atoms with van der Waals surface area (Å²) in [6.07, 6.45) is 8.76. The van der Waals surface area contributed by atoms with Crippen molar-refractivity contribution in [3.8, 4) is 0 Å². The summed E-state index contributed by atoms with van der Waals surface area (Å²) >= 11 is 1.71. The summed E-state index contributed by atoms with van der Waals surface area (Å²) in [6.45, 7) is 2.54. The van der Waals surface area contributed by atoms with Gasteiger partial charge in [0.2, 0.25) is 5.91 Å². The molecule has 0 aromatic carbocycles. The van der Waals surface area contributed by atoms with Gasteiger partial charge < -0.3 is 4.90 Å². The number of thiophene rings is 1. The standard InChI is InChI=1S/C16H21N3OS/c17-18-10-7-14(8-11-18)19-9-1-3-13(5-6-16(19)20)15-4-2-12-21-15/h2-6,12,14H,1,7-11,17H2/b6-5-,13-3+. The van der Waals surface area contributed by atoms with Gasteiger partial charge in [-0.25, -0.2) is 5.01 Å². The molecule has 112 valence electrons. The Bertz CT molecular complexity index is 542. The second-order valence-corrected chi connectivity index (χ2v) is 6.51. The molecular formula is C16H21N3OS. The van der Waals surface area contributed by atoms with Gasteiger partial charge in [-0.3, -0.25) is 10.6 Å². The average Bonchev–Trinajstić information content (AvgIpc) is 2.99. The predicted octanol–water partition coefficient (Wildman–Crippen LogP) is 2.26. The number of hydrogen-bond acceptors (Lipinski definition) is 4. The van der Waals surface area contributed by atoms with Gasteiger partial charge in [-0.15, -0.1) is 11.3 Å². The van der Waals surface area contributed by atoms with Crippen molar-refractivity contribution in [2.75, 3.05) is 19.6 Å². The van der Waals surface area contributed by atoms with Gasteiger partial charge in [0, 0.05) is 36.6 Å². The smallest absolute Gasteiger partial charge is 0.246 e. The number of hydrogen-bond donors (Lipinski definition) is 1. The molecule has 0 radical (unpaired) electrons. The molecule has 0 spiro atoms. The van der Waals surface area contributed by atoms with Crippen LogP contribution in [0.5, 0.6) is 0 Å². The summed E-state index contributed by atoms with van der Waals surface area (Å²) in [7, 11) is 0. The highest BCUT2D eigenvalue weighted by Crippen LogP contribution is 2.24. The van der Waals surface area contributed by atoms with E-state index in [1.165, 1.54) is 4.88 Å². The third kappa shape index (κ3) is 3.43. The van der Waals surface area contributed by atoms with Gasteiger partial charge in [0.15, 0.2) is 0 Å². The van der Waals surface area contributed by atoms with E-state index in [-0.39, 0.29) is 5.91 Å². The third-order valence-corrected chi connectivity index (χ3v) is 5.09. The fourth-order valence-electron chi connectivity index (χ4n) is 2.98. The Morgan fingerprint density at radius 3 is 2.71 bits per heavy atom. The van der Waals surface area contributed by atoms with Crippen LogP contribution in [0.2, 0.25) is 0 Å². The number of nitrogens with two attached hydrogens (primary N) is 1. The minimum atomic E-state index is 0.132. The van der Waals surface area contributed by atoms with Crippen molar-refractivity contribution in [1.29, 1.82) is 0 Å². The Balaban J connectivity index is 1.69.